The Morgan fingerprint density at radius 2 is 1.89 bits per heavy atom. The number of alkyl halides is 3. The van der Waals surface area contributed by atoms with E-state index in [2.05, 4.69) is 5.32 Å². The predicted molar refractivity (Wildman–Crippen MR) is 64.0 cm³/mol. The zero-order valence-corrected chi connectivity index (χ0v) is 10.8. The van der Waals surface area contributed by atoms with Crippen molar-refractivity contribution in [3.05, 3.63) is 35.1 Å². The van der Waals surface area contributed by atoms with E-state index in [0.29, 0.717) is 12.5 Å². The van der Waals surface area contributed by atoms with Gasteiger partial charge in [-0.25, -0.2) is 4.39 Å². The van der Waals surface area contributed by atoms with Gasteiger partial charge in [0.15, 0.2) is 0 Å². The van der Waals surface area contributed by atoms with Crippen molar-refractivity contribution in [2.24, 2.45) is 0 Å². The molecular formula is C13H17F4NO. The summed E-state index contributed by atoms with van der Waals surface area (Å²) in [4.78, 5) is 0. The molecule has 2 nitrogen and oxygen atoms in total. The zero-order chi connectivity index (χ0) is 14.6. The van der Waals surface area contributed by atoms with E-state index in [1.807, 2.05) is 0 Å². The summed E-state index contributed by atoms with van der Waals surface area (Å²) in [5.41, 5.74) is -0.976. The molecule has 0 aliphatic heterocycles. The Morgan fingerprint density at radius 3 is 2.42 bits per heavy atom. The molecule has 108 valence electrons. The SMILES string of the molecule is CC(O)CC(C)NCc1ccc(F)cc1C(F)(F)F. The molecule has 0 fully saturated rings. The third kappa shape index (κ3) is 5.16. The first kappa shape index (κ1) is 15.9. The highest BCUT2D eigenvalue weighted by atomic mass is 19.4. The lowest BCUT2D eigenvalue weighted by atomic mass is 10.1. The lowest BCUT2D eigenvalue weighted by molar-refractivity contribution is -0.138. The first-order valence-electron chi connectivity index (χ1n) is 5.97. The van der Waals surface area contributed by atoms with Crippen LogP contribution in [0.2, 0.25) is 0 Å². The van der Waals surface area contributed by atoms with Crippen LogP contribution in [0.4, 0.5) is 17.6 Å². The van der Waals surface area contributed by atoms with Crippen LogP contribution < -0.4 is 5.32 Å². The molecule has 0 amide bonds. The molecule has 0 bridgehead atoms. The Morgan fingerprint density at radius 1 is 1.26 bits per heavy atom. The number of benzene rings is 1. The lowest BCUT2D eigenvalue weighted by Gasteiger charge is -2.18. The average Bonchev–Trinajstić information content (AvgIpc) is 2.25. The summed E-state index contributed by atoms with van der Waals surface area (Å²) in [6.45, 7) is 3.35. The summed E-state index contributed by atoms with van der Waals surface area (Å²) >= 11 is 0. The Balaban J connectivity index is 2.78. The fraction of sp³-hybridized carbons (Fsp3) is 0.538. The second-order valence-corrected chi connectivity index (χ2v) is 4.67. The van der Waals surface area contributed by atoms with Crippen LogP contribution in [0.5, 0.6) is 0 Å². The second-order valence-electron chi connectivity index (χ2n) is 4.67. The van der Waals surface area contributed by atoms with Gasteiger partial charge in [-0.1, -0.05) is 6.07 Å². The first-order valence-corrected chi connectivity index (χ1v) is 5.97. The van der Waals surface area contributed by atoms with Gasteiger partial charge in [-0.3, -0.25) is 0 Å². The van der Waals surface area contributed by atoms with Crippen LogP contribution in [0.25, 0.3) is 0 Å². The molecule has 0 aromatic heterocycles. The van der Waals surface area contributed by atoms with Crippen LogP contribution in [0.15, 0.2) is 18.2 Å². The molecule has 0 spiro atoms. The van der Waals surface area contributed by atoms with Crippen LogP contribution in [-0.2, 0) is 12.7 Å². The van der Waals surface area contributed by atoms with Gasteiger partial charge in [-0.15, -0.1) is 0 Å². The normalized spacial score (nSPS) is 15.3. The monoisotopic (exact) mass is 279 g/mol. The highest BCUT2D eigenvalue weighted by molar-refractivity contribution is 5.30. The van der Waals surface area contributed by atoms with Gasteiger partial charge in [-0.2, -0.15) is 13.2 Å². The minimum absolute atomic E-state index is 0.00802. The third-order valence-electron chi connectivity index (χ3n) is 2.71. The van der Waals surface area contributed by atoms with Gasteiger partial charge >= 0.3 is 6.18 Å². The van der Waals surface area contributed by atoms with Gasteiger partial charge in [0, 0.05) is 12.6 Å². The van der Waals surface area contributed by atoms with Crippen molar-refractivity contribution in [3.8, 4) is 0 Å². The molecule has 0 heterocycles. The molecule has 0 saturated heterocycles. The Labute approximate surface area is 109 Å². The second kappa shape index (κ2) is 6.34. The van der Waals surface area contributed by atoms with Crippen molar-refractivity contribution in [3.63, 3.8) is 0 Å². The summed E-state index contributed by atoms with van der Waals surface area (Å²) in [7, 11) is 0. The number of hydrogen-bond donors (Lipinski definition) is 2. The molecule has 1 aromatic rings. The summed E-state index contributed by atoms with van der Waals surface area (Å²) in [6, 6.07) is 2.49. The fourth-order valence-corrected chi connectivity index (χ4v) is 1.85. The number of nitrogens with one attached hydrogen (secondary N) is 1. The van der Waals surface area contributed by atoms with Crippen molar-refractivity contribution < 1.29 is 22.7 Å². The number of halogens is 4. The maximum Gasteiger partial charge on any atom is 0.416 e. The van der Waals surface area contributed by atoms with Crippen molar-refractivity contribution in [1.29, 1.82) is 0 Å². The first-order chi connectivity index (χ1) is 8.70. The van der Waals surface area contributed by atoms with Gasteiger partial charge in [0.05, 0.1) is 11.7 Å². The maximum absolute atomic E-state index is 12.9. The molecule has 1 rings (SSSR count). The highest BCUT2D eigenvalue weighted by Crippen LogP contribution is 2.32. The minimum atomic E-state index is -4.58. The average molecular weight is 279 g/mol. The predicted octanol–water partition coefficient (Wildman–Crippen LogP) is 3.09. The molecule has 0 saturated carbocycles. The topological polar surface area (TPSA) is 32.3 Å². The summed E-state index contributed by atoms with van der Waals surface area (Å²) in [6.07, 6.45) is -4.67. The standard InChI is InChI=1S/C13H17F4NO/c1-8(5-9(2)19)18-7-10-3-4-11(14)6-12(10)13(15,16)17/h3-4,6,8-9,18-19H,5,7H2,1-2H3. The van der Waals surface area contributed by atoms with Crippen LogP contribution in [0.1, 0.15) is 31.4 Å². The minimum Gasteiger partial charge on any atom is -0.393 e. The molecule has 19 heavy (non-hydrogen) atoms. The largest absolute Gasteiger partial charge is 0.416 e. The molecule has 0 aliphatic rings. The quantitative estimate of drug-likeness (QED) is 0.812. The van der Waals surface area contributed by atoms with E-state index in [4.69, 9.17) is 0 Å². The lowest BCUT2D eigenvalue weighted by Crippen LogP contribution is -2.29. The number of aliphatic hydroxyl groups is 1. The molecule has 6 heteroatoms. The smallest absolute Gasteiger partial charge is 0.393 e. The van der Waals surface area contributed by atoms with Crippen LogP contribution in [-0.4, -0.2) is 17.3 Å². The van der Waals surface area contributed by atoms with Crippen LogP contribution in [0.3, 0.4) is 0 Å². The third-order valence-corrected chi connectivity index (χ3v) is 2.71. The molecule has 2 N–H and O–H groups in total. The van der Waals surface area contributed by atoms with E-state index >= 15 is 0 Å². The van der Waals surface area contributed by atoms with E-state index in [-0.39, 0.29) is 18.2 Å². The van der Waals surface area contributed by atoms with Gasteiger partial charge in [0.1, 0.15) is 5.82 Å². The van der Waals surface area contributed by atoms with E-state index in [1.54, 1.807) is 13.8 Å². The molecule has 2 atom stereocenters. The van der Waals surface area contributed by atoms with E-state index in [9.17, 15) is 22.7 Å². The Bertz CT molecular complexity index is 418. The number of hydrogen-bond acceptors (Lipinski definition) is 2. The van der Waals surface area contributed by atoms with E-state index < -0.39 is 23.7 Å². The zero-order valence-electron chi connectivity index (χ0n) is 10.8. The number of aliphatic hydroxyl groups excluding tert-OH is 1. The van der Waals surface area contributed by atoms with Gasteiger partial charge in [0.2, 0.25) is 0 Å². The summed E-state index contributed by atoms with van der Waals surface area (Å²) in [5.74, 6) is -0.909. The maximum atomic E-state index is 12.9. The van der Waals surface area contributed by atoms with Crippen molar-refractivity contribution in [1.82, 2.24) is 5.32 Å². The van der Waals surface area contributed by atoms with Crippen LogP contribution >= 0.6 is 0 Å². The van der Waals surface area contributed by atoms with E-state index in [1.165, 1.54) is 0 Å². The van der Waals surface area contributed by atoms with Gasteiger partial charge < -0.3 is 10.4 Å². The molecule has 0 aliphatic carbocycles. The summed E-state index contributed by atoms with van der Waals surface area (Å²) in [5, 5.41) is 12.1. The van der Waals surface area contributed by atoms with Gasteiger partial charge in [0.25, 0.3) is 0 Å². The van der Waals surface area contributed by atoms with Crippen molar-refractivity contribution in [2.45, 2.75) is 45.1 Å². The van der Waals surface area contributed by atoms with Gasteiger partial charge in [-0.05, 0) is 38.0 Å². The Hall–Kier alpha value is -1.14. The van der Waals surface area contributed by atoms with E-state index in [0.717, 1.165) is 12.1 Å². The van der Waals surface area contributed by atoms with Crippen LogP contribution in [0, 0.1) is 5.82 Å². The highest BCUT2D eigenvalue weighted by Gasteiger charge is 2.33. The van der Waals surface area contributed by atoms with Crippen molar-refractivity contribution >= 4 is 0 Å². The Kier molecular flexibility index (Phi) is 5.31. The molecule has 2 unspecified atom stereocenters. The van der Waals surface area contributed by atoms with Crippen molar-refractivity contribution in [2.75, 3.05) is 0 Å². The number of rotatable bonds is 5. The molecule has 1 aromatic carbocycles. The molecular weight excluding hydrogens is 262 g/mol. The molecule has 0 radical (unpaired) electrons. The fourth-order valence-electron chi connectivity index (χ4n) is 1.85. The summed E-state index contributed by atoms with van der Waals surface area (Å²) < 4.78 is 51.1.